The van der Waals surface area contributed by atoms with Gasteiger partial charge in [0.25, 0.3) is 0 Å². The van der Waals surface area contributed by atoms with Crippen LogP contribution in [0.1, 0.15) is 57.8 Å². The third-order valence-corrected chi connectivity index (χ3v) is 5.39. The minimum Gasteiger partial charge on any atom is -0.494 e. The van der Waals surface area contributed by atoms with Crippen LogP contribution in [-0.4, -0.2) is 38.1 Å². The average Bonchev–Trinajstić information content (AvgIpc) is 2.85. The lowest BCUT2D eigenvalue weighted by molar-refractivity contribution is -0.122. The average molecular weight is 485 g/mol. The van der Waals surface area contributed by atoms with Crippen molar-refractivity contribution in [1.82, 2.24) is 10.6 Å². The highest BCUT2D eigenvalue weighted by Gasteiger charge is 2.05. The predicted octanol–water partition coefficient (Wildman–Crippen LogP) is 4.05. The SMILES string of the molecule is Nc1ccc(OCCCCCNC(=O)CCCC(=O)NCCCCCOc2ccc(N)cc2)cc1. The minimum atomic E-state index is -0.00275. The minimum absolute atomic E-state index is 0.00275. The Morgan fingerprint density at radius 2 is 0.971 bits per heavy atom. The molecule has 0 aromatic heterocycles. The quantitative estimate of drug-likeness (QED) is 0.187. The molecule has 0 radical (unpaired) electrons. The van der Waals surface area contributed by atoms with Gasteiger partial charge in [-0.3, -0.25) is 9.59 Å². The molecule has 2 amide bonds. The lowest BCUT2D eigenvalue weighted by Gasteiger charge is -2.08. The number of carbonyl (C=O) groups excluding carboxylic acids is 2. The van der Waals surface area contributed by atoms with Crippen LogP contribution >= 0.6 is 0 Å². The van der Waals surface area contributed by atoms with Crippen molar-refractivity contribution in [3.63, 3.8) is 0 Å². The number of nitrogens with one attached hydrogen (secondary N) is 2. The largest absolute Gasteiger partial charge is 0.494 e. The first-order valence-electron chi connectivity index (χ1n) is 12.5. The van der Waals surface area contributed by atoms with Crippen LogP contribution < -0.4 is 31.6 Å². The highest BCUT2D eigenvalue weighted by atomic mass is 16.5. The summed E-state index contributed by atoms with van der Waals surface area (Å²) in [5.74, 6) is 1.63. The normalized spacial score (nSPS) is 10.5. The molecule has 0 aliphatic carbocycles. The summed E-state index contributed by atoms with van der Waals surface area (Å²) in [4.78, 5) is 23.8. The monoisotopic (exact) mass is 484 g/mol. The topological polar surface area (TPSA) is 129 Å². The van der Waals surface area contributed by atoms with E-state index in [2.05, 4.69) is 10.6 Å². The van der Waals surface area contributed by atoms with E-state index in [-0.39, 0.29) is 11.8 Å². The maximum Gasteiger partial charge on any atom is 0.220 e. The number of unbranched alkanes of at least 4 members (excludes halogenated alkanes) is 4. The molecule has 192 valence electrons. The maximum atomic E-state index is 11.9. The van der Waals surface area contributed by atoms with E-state index in [1.54, 1.807) is 0 Å². The Kier molecular flexibility index (Phi) is 13.6. The standard InChI is InChI=1S/C27H40N4O4/c28-22-10-14-24(15-11-22)34-20-5-1-3-18-30-26(32)8-7-9-27(33)31-19-4-2-6-21-35-25-16-12-23(29)13-17-25/h10-17H,1-9,18-21,28-29H2,(H,30,32)(H,31,33). The fraction of sp³-hybridized carbons (Fsp3) is 0.481. The van der Waals surface area contributed by atoms with E-state index in [4.69, 9.17) is 20.9 Å². The lowest BCUT2D eigenvalue weighted by atomic mass is 10.2. The number of nitrogens with two attached hydrogens (primary N) is 2. The third-order valence-electron chi connectivity index (χ3n) is 5.39. The number of benzene rings is 2. The lowest BCUT2D eigenvalue weighted by Crippen LogP contribution is -2.26. The number of hydrogen-bond acceptors (Lipinski definition) is 6. The number of nitrogen functional groups attached to an aromatic ring is 2. The van der Waals surface area contributed by atoms with Crippen LogP contribution in [0, 0.1) is 0 Å². The van der Waals surface area contributed by atoms with Crippen LogP contribution in [0.4, 0.5) is 11.4 Å². The van der Waals surface area contributed by atoms with Gasteiger partial charge in [0.05, 0.1) is 13.2 Å². The zero-order chi connectivity index (χ0) is 25.1. The van der Waals surface area contributed by atoms with Gasteiger partial charge in [0.2, 0.25) is 11.8 Å². The first kappa shape index (κ1) is 27.8. The summed E-state index contributed by atoms with van der Waals surface area (Å²) in [5.41, 5.74) is 12.7. The van der Waals surface area contributed by atoms with Crippen molar-refractivity contribution in [2.45, 2.75) is 57.8 Å². The molecule has 8 heteroatoms. The van der Waals surface area contributed by atoms with Gasteiger partial charge in [0.1, 0.15) is 11.5 Å². The summed E-state index contributed by atoms with van der Waals surface area (Å²) in [5, 5.41) is 5.83. The molecule has 0 fully saturated rings. The Labute approximate surface area is 208 Å². The summed E-state index contributed by atoms with van der Waals surface area (Å²) in [6.07, 6.45) is 6.92. The molecule has 35 heavy (non-hydrogen) atoms. The van der Waals surface area contributed by atoms with E-state index in [1.165, 1.54) is 0 Å². The molecule has 0 saturated heterocycles. The molecule has 2 aromatic carbocycles. The fourth-order valence-electron chi connectivity index (χ4n) is 3.36. The van der Waals surface area contributed by atoms with Gasteiger partial charge in [0, 0.05) is 37.3 Å². The molecular weight excluding hydrogens is 444 g/mol. The zero-order valence-electron chi connectivity index (χ0n) is 20.6. The molecule has 0 unspecified atom stereocenters. The van der Waals surface area contributed by atoms with Crippen molar-refractivity contribution in [3.8, 4) is 11.5 Å². The number of hydrogen-bond donors (Lipinski definition) is 4. The highest BCUT2D eigenvalue weighted by molar-refractivity contribution is 5.78. The van der Waals surface area contributed by atoms with Crippen molar-refractivity contribution in [3.05, 3.63) is 48.5 Å². The van der Waals surface area contributed by atoms with E-state index in [0.717, 1.165) is 61.4 Å². The molecule has 0 aliphatic heterocycles. The molecule has 8 nitrogen and oxygen atoms in total. The zero-order valence-corrected chi connectivity index (χ0v) is 20.6. The maximum absolute atomic E-state index is 11.9. The molecule has 0 bridgehead atoms. The summed E-state index contributed by atoms with van der Waals surface area (Å²) in [7, 11) is 0. The van der Waals surface area contributed by atoms with Gasteiger partial charge in [-0.1, -0.05) is 0 Å². The van der Waals surface area contributed by atoms with Gasteiger partial charge in [-0.2, -0.15) is 0 Å². The van der Waals surface area contributed by atoms with Crippen molar-refractivity contribution in [1.29, 1.82) is 0 Å². The highest BCUT2D eigenvalue weighted by Crippen LogP contribution is 2.14. The summed E-state index contributed by atoms with van der Waals surface area (Å²) >= 11 is 0. The van der Waals surface area contributed by atoms with Crippen molar-refractivity contribution in [2.24, 2.45) is 0 Å². The Hall–Kier alpha value is -3.42. The summed E-state index contributed by atoms with van der Waals surface area (Å²) in [6, 6.07) is 14.7. The number of anilines is 2. The van der Waals surface area contributed by atoms with Crippen molar-refractivity contribution >= 4 is 23.2 Å². The molecule has 0 aliphatic rings. The van der Waals surface area contributed by atoms with Gasteiger partial charge in [0.15, 0.2) is 0 Å². The second-order valence-corrected chi connectivity index (χ2v) is 8.51. The van der Waals surface area contributed by atoms with Gasteiger partial charge >= 0.3 is 0 Å². The van der Waals surface area contributed by atoms with E-state index in [1.807, 2.05) is 48.5 Å². The number of amides is 2. The van der Waals surface area contributed by atoms with Crippen LogP contribution in [0.5, 0.6) is 11.5 Å². The van der Waals surface area contributed by atoms with E-state index in [9.17, 15) is 9.59 Å². The number of ether oxygens (including phenoxy) is 2. The van der Waals surface area contributed by atoms with Crippen molar-refractivity contribution < 1.29 is 19.1 Å². The second kappa shape index (κ2) is 17.1. The Bertz CT molecular complexity index is 785. The molecule has 0 heterocycles. The van der Waals surface area contributed by atoms with E-state index >= 15 is 0 Å². The third kappa shape index (κ3) is 13.8. The second-order valence-electron chi connectivity index (χ2n) is 8.51. The first-order chi connectivity index (χ1) is 17.0. The molecule has 6 N–H and O–H groups in total. The van der Waals surface area contributed by atoms with Crippen LogP contribution in [0.15, 0.2) is 48.5 Å². The first-order valence-corrected chi connectivity index (χ1v) is 12.5. The smallest absolute Gasteiger partial charge is 0.220 e. The Morgan fingerprint density at radius 3 is 1.37 bits per heavy atom. The van der Waals surface area contributed by atoms with E-state index < -0.39 is 0 Å². The van der Waals surface area contributed by atoms with Crippen LogP contribution in [0.2, 0.25) is 0 Å². The van der Waals surface area contributed by atoms with Crippen molar-refractivity contribution in [2.75, 3.05) is 37.8 Å². The number of rotatable bonds is 18. The molecular formula is C27H40N4O4. The summed E-state index contributed by atoms with van der Waals surface area (Å²) < 4.78 is 11.3. The predicted molar refractivity (Wildman–Crippen MR) is 140 cm³/mol. The Balaban J connectivity index is 1.34. The molecule has 2 aromatic rings. The summed E-state index contributed by atoms with van der Waals surface area (Å²) in [6.45, 7) is 2.58. The van der Waals surface area contributed by atoms with E-state index in [0.29, 0.717) is 45.6 Å². The molecule has 0 spiro atoms. The van der Waals surface area contributed by atoms with Gasteiger partial charge in [-0.15, -0.1) is 0 Å². The van der Waals surface area contributed by atoms with Crippen LogP contribution in [0.25, 0.3) is 0 Å². The van der Waals surface area contributed by atoms with Crippen LogP contribution in [0.3, 0.4) is 0 Å². The number of carbonyl (C=O) groups is 2. The van der Waals surface area contributed by atoms with Gasteiger partial charge in [-0.05, 0) is 93.5 Å². The molecule has 0 saturated carbocycles. The molecule has 0 atom stereocenters. The van der Waals surface area contributed by atoms with Gasteiger partial charge in [-0.25, -0.2) is 0 Å². The molecule has 2 rings (SSSR count). The van der Waals surface area contributed by atoms with Crippen LogP contribution in [-0.2, 0) is 9.59 Å². The Morgan fingerprint density at radius 1 is 0.571 bits per heavy atom. The fourth-order valence-corrected chi connectivity index (χ4v) is 3.36. The van der Waals surface area contributed by atoms with Gasteiger partial charge < -0.3 is 31.6 Å².